The lowest BCUT2D eigenvalue weighted by molar-refractivity contribution is -0.119. The van der Waals surface area contributed by atoms with Crippen molar-refractivity contribution >= 4 is 23.3 Å². The highest BCUT2D eigenvalue weighted by Gasteiger charge is 2.27. The SMILES string of the molecule is CC(C)(C)c1cc(C(COc2ccc(C(=O)O)cc2)=NO)ccc1N1CCCCC1=O. The summed E-state index contributed by atoms with van der Waals surface area (Å²) in [6.45, 7) is 6.97. The molecule has 1 amide bonds. The van der Waals surface area contributed by atoms with Gasteiger partial charge >= 0.3 is 5.97 Å². The van der Waals surface area contributed by atoms with Gasteiger partial charge in [-0.3, -0.25) is 4.79 Å². The van der Waals surface area contributed by atoms with Gasteiger partial charge in [0.15, 0.2) is 0 Å². The Kier molecular flexibility index (Phi) is 6.63. The molecule has 2 N–H and O–H groups in total. The fraction of sp³-hybridized carbons (Fsp3) is 0.375. The molecule has 1 aliphatic rings. The quantitative estimate of drug-likeness (QED) is 0.405. The van der Waals surface area contributed by atoms with Gasteiger partial charge in [0.05, 0.1) is 5.56 Å². The van der Waals surface area contributed by atoms with Crippen LogP contribution in [0.25, 0.3) is 0 Å². The van der Waals surface area contributed by atoms with E-state index < -0.39 is 5.97 Å². The smallest absolute Gasteiger partial charge is 0.335 e. The number of amides is 1. The number of carboxylic acid groups (broad SMARTS) is 1. The molecule has 7 nitrogen and oxygen atoms in total. The number of hydrogen-bond donors (Lipinski definition) is 2. The number of carbonyl (C=O) groups is 2. The summed E-state index contributed by atoms with van der Waals surface area (Å²) < 4.78 is 5.69. The van der Waals surface area contributed by atoms with Crippen molar-refractivity contribution in [3.8, 4) is 5.75 Å². The monoisotopic (exact) mass is 424 g/mol. The number of hydrogen-bond acceptors (Lipinski definition) is 5. The Morgan fingerprint density at radius 1 is 1.10 bits per heavy atom. The zero-order valence-electron chi connectivity index (χ0n) is 18.1. The topological polar surface area (TPSA) is 99.4 Å². The van der Waals surface area contributed by atoms with Crippen LogP contribution in [0.4, 0.5) is 5.69 Å². The molecule has 2 aromatic carbocycles. The van der Waals surface area contributed by atoms with Gasteiger partial charge in [0, 0.05) is 24.2 Å². The predicted octanol–water partition coefficient (Wildman–Crippen LogP) is 4.46. The molecule has 0 radical (unpaired) electrons. The third kappa shape index (κ3) is 5.23. The second kappa shape index (κ2) is 9.20. The molecule has 0 spiro atoms. The Morgan fingerprint density at radius 3 is 2.35 bits per heavy atom. The molecule has 0 saturated carbocycles. The van der Waals surface area contributed by atoms with E-state index in [2.05, 4.69) is 25.9 Å². The van der Waals surface area contributed by atoms with Crippen LogP contribution in [0.3, 0.4) is 0 Å². The van der Waals surface area contributed by atoms with Crippen molar-refractivity contribution in [2.24, 2.45) is 5.16 Å². The normalized spacial score (nSPS) is 15.1. The van der Waals surface area contributed by atoms with E-state index in [4.69, 9.17) is 9.84 Å². The largest absolute Gasteiger partial charge is 0.487 e. The highest BCUT2D eigenvalue weighted by atomic mass is 16.5. The standard InChI is InChI=1S/C24H28N2O5/c1-24(2,3)19-14-17(9-12-21(19)26-13-5-4-6-22(26)27)20(25-30)15-31-18-10-7-16(8-11-18)23(28)29/h7-12,14,30H,4-6,13,15H2,1-3H3,(H,28,29). The van der Waals surface area contributed by atoms with Crippen molar-refractivity contribution in [1.82, 2.24) is 0 Å². The molecule has 1 fully saturated rings. The van der Waals surface area contributed by atoms with Gasteiger partial charge in [-0.1, -0.05) is 32.0 Å². The zero-order valence-corrected chi connectivity index (χ0v) is 18.1. The van der Waals surface area contributed by atoms with Gasteiger partial charge in [0.2, 0.25) is 5.91 Å². The van der Waals surface area contributed by atoms with Crippen LogP contribution in [-0.4, -0.2) is 41.1 Å². The first kappa shape index (κ1) is 22.3. The Hall–Kier alpha value is -3.35. The lowest BCUT2D eigenvalue weighted by Gasteiger charge is -2.33. The van der Waals surface area contributed by atoms with E-state index in [0.717, 1.165) is 24.1 Å². The summed E-state index contributed by atoms with van der Waals surface area (Å²) in [7, 11) is 0. The highest BCUT2D eigenvalue weighted by molar-refractivity contribution is 6.03. The summed E-state index contributed by atoms with van der Waals surface area (Å²) >= 11 is 0. The van der Waals surface area contributed by atoms with Crippen LogP contribution in [0.2, 0.25) is 0 Å². The molecule has 7 heteroatoms. The number of anilines is 1. The fourth-order valence-corrected chi connectivity index (χ4v) is 3.63. The molecule has 1 saturated heterocycles. The number of carboxylic acids is 1. The minimum Gasteiger partial charge on any atom is -0.487 e. The summed E-state index contributed by atoms with van der Waals surface area (Å²) in [6, 6.07) is 11.7. The number of ether oxygens (including phenoxy) is 1. The molecule has 0 atom stereocenters. The molecule has 3 rings (SSSR count). The van der Waals surface area contributed by atoms with Crippen LogP contribution in [0.15, 0.2) is 47.6 Å². The van der Waals surface area contributed by atoms with Crippen LogP contribution in [-0.2, 0) is 10.2 Å². The third-order valence-corrected chi connectivity index (χ3v) is 5.35. The van der Waals surface area contributed by atoms with Crippen molar-refractivity contribution in [1.29, 1.82) is 0 Å². The van der Waals surface area contributed by atoms with E-state index in [9.17, 15) is 14.8 Å². The van der Waals surface area contributed by atoms with Gasteiger partial charge in [-0.2, -0.15) is 0 Å². The number of oxime groups is 1. The van der Waals surface area contributed by atoms with Crippen LogP contribution in [0, 0.1) is 0 Å². The number of piperidine rings is 1. The van der Waals surface area contributed by atoms with Crippen molar-refractivity contribution in [3.05, 3.63) is 59.2 Å². The minimum absolute atomic E-state index is 0.00843. The van der Waals surface area contributed by atoms with E-state index in [1.165, 1.54) is 12.1 Å². The Balaban J connectivity index is 1.84. The number of nitrogens with zero attached hydrogens (tertiary/aromatic N) is 2. The second-order valence-electron chi connectivity index (χ2n) is 8.65. The number of benzene rings is 2. The van der Waals surface area contributed by atoms with Crippen LogP contribution in [0.1, 0.15) is 61.5 Å². The molecule has 0 unspecified atom stereocenters. The fourth-order valence-electron chi connectivity index (χ4n) is 3.63. The van der Waals surface area contributed by atoms with Crippen molar-refractivity contribution < 1.29 is 24.6 Å². The molecule has 1 heterocycles. The third-order valence-electron chi connectivity index (χ3n) is 5.35. The summed E-state index contributed by atoms with van der Waals surface area (Å²) in [5, 5.41) is 22.0. The molecular formula is C24H28N2O5. The summed E-state index contributed by atoms with van der Waals surface area (Å²) in [6.07, 6.45) is 2.46. The maximum Gasteiger partial charge on any atom is 0.335 e. The van der Waals surface area contributed by atoms with Crippen LogP contribution >= 0.6 is 0 Å². The van der Waals surface area contributed by atoms with E-state index in [-0.39, 0.29) is 23.5 Å². The first-order chi connectivity index (χ1) is 14.7. The molecule has 164 valence electrons. The highest BCUT2D eigenvalue weighted by Crippen LogP contribution is 2.35. The predicted molar refractivity (Wildman–Crippen MR) is 119 cm³/mol. The zero-order chi connectivity index (χ0) is 22.6. The Bertz CT molecular complexity index is 990. The Labute approximate surface area is 181 Å². The van der Waals surface area contributed by atoms with E-state index in [1.807, 2.05) is 23.1 Å². The summed E-state index contributed by atoms with van der Waals surface area (Å²) in [5.74, 6) is -0.405. The maximum absolute atomic E-state index is 12.5. The van der Waals surface area contributed by atoms with E-state index >= 15 is 0 Å². The van der Waals surface area contributed by atoms with Gasteiger partial charge in [-0.05, 0) is 60.2 Å². The Morgan fingerprint density at radius 2 is 1.77 bits per heavy atom. The molecule has 31 heavy (non-hydrogen) atoms. The van der Waals surface area contributed by atoms with E-state index in [1.54, 1.807) is 12.1 Å². The van der Waals surface area contributed by atoms with Gasteiger partial charge in [0.25, 0.3) is 0 Å². The van der Waals surface area contributed by atoms with Gasteiger partial charge in [-0.15, -0.1) is 0 Å². The van der Waals surface area contributed by atoms with Crippen LogP contribution in [0.5, 0.6) is 5.75 Å². The van der Waals surface area contributed by atoms with Crippen molar-refractivity contribution in [2.45, 2.75) is 45.4 Å². The second-order valence-corrected chi connectivity index (χ2v) is 8.65. The van der Waals surface area contributed by atoms with Crippen molar-refractivity contribution in [2.75, 3.05) is 18.1 Å². The van der Waals surface area contributed by atoms with Crippen LogP contribution < -0.4 is 9.64 Å². The number of carbonyl (C=O) groups excluding carboxylic acids is 1. The first-order valence-electron chi connectivity index (χ1n) is 10.3. The minimum atomic E-state index is -1.01. The van der Waals surface area contributed by atoms with Crippen molar-refractivity contribution in [3.63, 3.8) is 0 Å². The molecule has 2 aromatic rings. The average molecular weight is 424 g/mol. The lowest BCUT2D eigenvalue weighted by atomic mass is 9.83. The summed E-state index contributed by atoms with van der Waals surface area (Å²) in [5.41, 5.74) is 2.86. The van der Waals surface area contributed by atoms with E-state index in [0.29, 0.717) is 30.0 Å². The lowest BCUT2D eigenvalue weighted by Crippen LogP contribution is -2.37. The van der Waals surface area contributed by atoms with Gasteiger partial charge < -0.3 is 20.0 Å². The summed E-state index contributed by atoms with van der Waals surface area (Å²) in [4.78, 5) is 25.3. The average Bonchev–Trinajstić information content (AvgIpc) is 2.74. The number of aromatic carboxylic acids is 1. The van der Waals surface area contributed by atoms with Gasteiger partial charge in [0.1, 0.15) is 18.1 Å². The first-order valence-corrected chi connectivity index (χ1v) is 10.3. The number of rotatable bonds is 6. The molecule has 1 aliphatic heterocycles. The molecule has 0 bridgehead atoms. The molecule has 0 aliphatic carbocycles. The maximum atomic E-state index is 12.5. The molecule has 0 aromatic heterocycles. The van der Waals surface area contributed by atoms with Gasteiger partial charge in [-0.25, -0.2) is 4.79 Å². The molecular weight excluding hydrogens is 396 g/mol.